The highest BCUT2D eigenvalue weighted by Crippen LogP contribution is 2.27. The van der Waals surface area contributed by atoms with Crippen molar-refractivity contribution >= 4 is 23.3 Å². The molecule has 86 valence electrons. The first-order chi connectivity index (χ1) is 8.24. The van der Waals surface area contributed by atoms with Gasteiger partial charge in [0, 0.05) is 6.07 Å². The predicted molar refractivity (Wildman–Crippen MR) is 59.2 cm³/mol. The first-order valence-electron chi connectivity index (χ1n) is 4.86. The SMILES string of the molecule is O=C1NC(=O)C(c2cc(-c3cccs3)no2)N1. The number of carbonyl (C=O) groups is 2. The molecule has 2 aromatic rings. The lowest BCUT2D eigenvalue weighted by atomic mass is 10.2. The number of hydrogen-bond donors (Lipinski definition) is 2. The Balaban J connectivity index is 1.91. The van der Waals surface area contributed by atoms with Crippen LogP contribution in [-0.2, 0) is 4.79 Å². The Kier molecular flexibility index (Phi) is 2.19. The maximum atomic E-state index is 11.4. The summed E-state index contributed by atoms with van der Waals surface area (Å²) in [7, 11) is 0. The van der Waals surface area contributed by atoms with Gasteiger partial charge in [-0.2, -0.15) is 0 Å². The van der Waals surface area contributed by atoms with Gasteiger partial charge < -0.3 is 9.84 Å². The molecule has 1 saturated heterocycles. The molecular formula is C10H7N3O3S. The minimum atomic E-state index is -0.788. The number of imide groups is 1. The van der Waals surface area contributed by atoms with Gasteiger partial charge in [0.1, 0.15) is 5.69 Å². The van der Waals surface area contributed by atoms with Crippen LogP contribution in [0.15, 0.2) is 28.1 Å². The zero-order chi connectivity index (χ0) is 11.8. The highest BCUT2D eigenvalue weighted by Gasteiger charge is 2.34. The maximum Gasteiger partial charge on any atom is 0.322 e. The van der Waals surface area contributed by atoms with Crippen molar-refractivity contribution in [2.45, 2.75) is 6.04 Å². The van der Waals surface area contributed by atoms with E-state index in [9.17, 15) is 9.59 Å². The average Bonchev–Trinajstić information content (AvgIpc) is 2.97. The highest BCUT2D eigenvalue weighted by atomic mass is 32.1. The van der Waals surface area contributed by atoms with E-state index in [0.29, 0.717) is 11.5 Å². The van der Waals surface area contributed by atoms with Crippen molar-refractivity contribution in [3.63, 3.8) is 0 Å². The van der Waals surface area contributed by atoms with Crippen LogP contribution >= 0.6 is 11.3 Å². The van der Waals surface area contributed by atoms with Gasteiger partial charge in [-0.3, -0.25) is 10.1 Å². The van der Waals surface area contributed by atoms with E-state index in [1.807, 2.05) is 17.5 Å². The number of nitrogens with one attached hydrogen (secondary N) is 2. The highest BCUT2D eigenvalue weighted by molar-refractivity contribution is 7.13. The zero-order valence-corrected chi connectivity index (χ0v) is 9.28. The van der Waals surface area contributed by atoms with Crippen LogP contribution in [-0.4, -0.2) is 17.1 Å². The number of thiophene rings is 1. The molecule has 0 saturated carbocycles. The van der Waals surface area contributed by atoms with Crippen molar-refractivity contribution in [1.29, 1.82) is 0 Å². The van der Waals surface area contributed by atoms with Crippen molar-refractivity contribution in [1.82, 2.24) is 15.8 Å². The quantitative estimate of drug-likeness (QED) is 0.785. The smallest absolute Gasteiger partial charge is 0.322 e. The largest absolute Gasteiger partial charge is 0.358 e. The Labute approximate surface area is 99.6 Å². The molecule has 17 heavy (non-hydrogen) atoms. The van der Waals surface area contributed by atoms with Crippen molar-refractivity contribution in [3.05, 3.63) is 29.3 Å². The number of urea groups is 1. The molecule has 1 atom stereocenters. The second kappa shape index (κ2) is 3.70. The van der Waals surface area contributed by atoms with Crippen LogP contribution in [0.25, 0.3) is 10.6 Å². The van der Waals surface area contributed by atoms with Crippen molar-refractivity contribution in [2.24, 2.45) is 0 Å². The van der Waals surface area contributed by atoms with E-state index in [1.54, 1.807) is 6.07 Å². The Morgan fingerprint density at radius 3 is 2.94 bits per heavy atom. The van der Waals surface area contributed by atoms with Gasteiger partial charge in [-0.25, -0.2) is 4.79 Å². The van der Waals surface area contributed by atoms with E-state index in [0.717, 1.165) is 4.88 Å². The molecule has 1 aliphatic rings. The molecule has 0 bridgehead atoms. The number of nitrogens with zero attached hydrogens (tertiary/aromatic N) is 1. The summed E-state index contributed by atoms with van der Waals surface area (Å²) in [5.41, 5.74) is 0.656. The summed E-state index contributed by atoms with van der Waals surface area (Å²) in [6, 6.07) is 4.15. The van der Waals surface area contributed by atoms with Crippen molar-refractivity contribution < 1.29 is 14.1 Å². The van der Waals surface area contributed by atoms with Crippen LogP contribution in [0.5, 0.6) is 0 Å². The second-order valence-corrected chi connectivity index (χ2v) is 4.44. The van der Waals surface area contributed by atoms with E-state index in [4.69, 9.17) is 4.52 Å². The fourth-order valence-corrected chi connectivity index (χ4v) is 2.26. The van der Waals surface area contributed by atoms with E-state index in [1.165, 1.54) is 11.3 Å². The molecule has 0 aliphatic carbocycles. The Bertz CT molecular complexity index is 575. The summed E-state index contributed by atoms with van der Waals surface area (Å²) in [5.74, 6) is -0.0966. The summed E-state index contributed by atoms with van der Waals surface area (Å²) in [4.78, 5) is 23.3. The van der Waals surface area contributed by atoms with Gasteiger partial charge in [0.15, 0.2) is 11.8 Å². The van der Waals surface area contributed by atoms with E-state index in [-0.39, 0.29) is 0 Å². The minimum Gasteiger partial charge on any atom is -0.358 e. The molecule has 6 nitrogen and oxygen atoms in total. The van der Waals surface area contributed by atoms with Crippen LogP contribution in [0.3, 0.4) is 0 Å². The lowest BCUT2D eigenvalue weighted by Crippen LogP contribution is -2.22. The minimum absolute atomic E-state index is 0.330. The molecule has 3 rings (SSSR count). The molecule has 0 aromatic carbocycles. The summed E-state index contributed by atoms with van der Waals surface area (Å²) in [6.45, 7) is 0. The third-order valence-corrected chi connectivity index (χ3v) is 3.25. The molecule has 1 unspecified atom stereocenters. The molecule has 2 N–H and O–H groups in total. The average molecular weight is 249 g/mol. The molecule has 1 fully saturated rings. The first kappa shape index (κ1) is 10.0. The van der Waals surface area contributed by atoms with Gasteiger partial charge in [0.25, 0.3) is 5.91 Å². The zero-order valence-electron chi connectivity index (χ0n) is 8.47. The summed E-state index contributed by atoms with van der Waals surface area (Å²) < 4.78 is 5.07. The van der Waals surface area contributed by atoms with Gasteiger partial charge in [-0.05, 0) is 11.4 Å². The van der Waals surface area contributed by atoms with E-state index >= 15 is 0 Å². The summed E-state index contributed by atoms with van der Waals surface area (Å²) in [5, 5.41) is 10.4. The van der Waals surface area contributed by atoms with Gasteiger partial charge in [-0.1, -0.05) is 11.2 Å². The lowest BCUT2D eigenvalue weighted by molar-refractivity contribution is -0.120. The normalized spacial score (nSPS) is 19.2. The summed E-state index contributed by atoms with van der Waals surface area (Å²) >= 11 is 1.52. The topological polar surface area (TPSA) is 84.2 Å². The van der Waals surface area contributed by atoms with Crippen LogP contribution < -0.4 is 10.6 Å². The Morgan fingerprint density at radius 1 is 1.41 bits per heavy atom. The number of amides is 3. The maximum absolute atomic E-state index is 11.4. The van der Waals surface area contributed by atoms with Crippen LogP contribution in [0.1, 0.15) is 11.8 Å². The number of carbonyl (C=O) groups excluding carboxylic acids is 2. The second-order valence-electron chi connectivity index (χ2n) is 3.49. The first-order valence-corrected chi connectivity index (χ1v) is 5.74. The fraction of sp³-hybridized carbons (Fsp3) is 0.100. The van der Waals surface area contributed by atoms with Gasteiger partial charge in [0.2, 0.25) is 0 Å². The molecule has 0 spiro atoms. The van der Waals surface area contributed by atoms with Crippen LogP contribution in [0.2, 0.25) is 0 Å². The molecule has 3 amide bonds. The monoisotopic (exact) mass is 249 g/mol. The number of hydrogen-bond acceptors (Lipinski definition) is 5. The summed E-state index contributed by atoms with van der Waals surface area (Å²) in [6.07, 6.45) is 0. The van der Waals surface area contributed by atoms with E-state index in [2.05, 4.69) is 15.8 Å². The fourth-order valence-electron chi connectivity index (χ4n) is 1.58. The molecule has 1 aliphatic heterocycles. The molecule has 7 heteroatoms. The Hall–Kier alpha value is -2.15. The third-order valence-electron chi connectivity index (χ3n) is 2.36. The van der Waals surface area contributed by atoms with Crippen LogP contribution in [0.4, 0.5) is 4.79 Å². The predicted octanol–water partition coefficient (Wildman–Crippen LogP) is 1.28. The molecular weight excluding hydrogens is 242 g/mol. The van der Waals surface area contributed by atoms with Crippen LogP contribution in [0, 0.1) is 0 Å². The van der Waals surface area contributed by atoms with Crippen molar-refractivity contribution in [2.75, 3.05) is 0 Å². The molecule has 0 radical (unpaired) electrons. The standard InChI is InChI=1S/C10H7N3O3S/c14-9-8(11-10(15)12-9)6-4-5(13-16-6)7-2-1-3-17-7/h1-4,8H,(H2,11,12,14,15). The van der Waals surface area contributed by atoms with E-state index < -0.39 is 18.0 Å². The van der Waals surface area contributed by atoms with Gasteiger partial charge >= 0.3 is 6.03 Å². The molecule has 3 heterocycles. The third kappa shape index (κ3) is 1.70. The Morgan fingerprint density at radius 2 is 2.29 bits per heavy atom. The number of aromatic nitrogens is 1. The van der Waals surface area contributed by atoms with Gasteiger partial charge in [0.05, 0.1) is 4.88 Å². The lowest BCUT2D eigenvalue weighted by Gasteiger charge is -1.99. The molecule has 2 aromatic heterocycles. The van der Waals surface area contributed by atoms with Crippen molar-refractivity contribution in [3.8, 4) is 10.6 Å². The number of rotatable bonds is 2. The van der Waals surface area contributed by atoms with Gasteiger partial charge in [-0.15, -0.1) is 11.3 Å².